The molecule has 32 heavy (non-hydrogen) atoms. The fraction of sp³-hybridized carbons (Fsp3) is 0.0417. The highest BCUT2D eigenvalue weighted by molar-refractivity contribution is 7.22. The predicted molar refractivity (Wildman–Crippen MR) is 125 cm³/mol. The zero-order valence-electron chi connectivity index (χ0n) is 16.7. The van der Waals surface area contributed by atoms with Gasteiger partial charge in [0.2, 0.25) is 6.79 Å². The first-order valence-electron chi connectivity index (χ1n) is 9.95. The Morgan fingerprint density at radius 1 is 0.906 bits per heavy atom. The Bertz CT molecular complexity index is 1500. The molecule has 0 spiro atoms. The molecule has 1 aliphatic rings. The molecule has 0 unspecified atom stereocenters. The maximum atomic E-state index is 12.8. The average Bonchev–Trinajstić information content (AvgIpc) is 3.44. The number of amides is 1. The summed E-state index contributed by atoms with van der Waals surface area (Å²) in [6.07, 6.45) is 1.78. The molecule has 3 aromatic carbocycles. The second-order valence-corrected chi connectivity index (χ2v) is 8.29. The maximum absolute atomic E-state index is 12.8. The number of anilines is 3. The summed E-state index contributed by atoms with van der Waals surface area (Å²) in [4.78, 5) is 21.7. The topological polar surface area (TPSA) is 85.4 Å². The summed E-state index contributed by atoms with van der Waals surface area (Å²) in [6, 6.07) is 20.7. The smallest absolute Gasteiger partial charge is 0.255 e. The molecule has 2 aromatic heterocycles. The van der Waals surface area contributed by atoms with E-state index in [0.717, 1.165) is 31.9 Å². The zero-order valence-corrected chi connectivity index (χ0v) is 17.5. The van der Waals surface area contributed by atoms with Crippen molar-refractivity contribution in [2.75, 3.05) is 17.4 Å². The molecule has 5 aromatic rings. The van der Waals surface area contributed by atoms with Crippen LogP contribution in [0.2, 0.25) is 0 Å². The molecule has 7 nitrogen and oxygen atoms in total. The van der Waals surface area contributed by atoms with Gasteiger partial charge in [0.25, 0.3) is 5.91 Å². The zero-order chi connectivity index (χ0) is 21.5. The van der Waals surface area contributed by atoms with Crippen LogP contribution < -0.4 is 20.1 Å². The van der Waals surface area contributed by atoms with Gasteiger partial charge in [0.05, 0.1) is 15.7 Å². The van der Waals surface area contributed by atoms with E-state index in [1.807, 2.05) is 42.5 Å². The number of rotatable bonds is 4. The number of nitrogens with zero attached hydrogens (tertiary/aromatic N) is 2. The molecular formula is C24H16N4O3S. The molecule has 0 radical (unpaired) electrons. The summed E-state index contributed by atoms with van der Waals surface area (Å²) >= 11 is 1.50. The number of ether oxygens (including phenoxy) is 2. The van der Waals surface area contributed by atoms with E-state index in [1.165, 1.54) is 11.3 Å². The fourth-order valence-electron chi connectivity index (χ4n) is 3.57. The van der Waals surface area contributed by atoms with Gasteiger partial charge in [-0.3, -0.25) is 9.78 Å². The van der Waals surface area contributed by atoms with Crippen LogP contribution in [0, 0.1) is 0 Å². The van der Waals surface area contributed by atoms with Gasteiger partial charge in [-0.15, -0.1) is 0 Å². The van der Waals surface area contributed by atoms with Crippen molar-refractivity contribution >= 4 is 54.9 Å². The van der Waals surface area contributed by atoms with E-state index < -0.39 is 0 Å². The standard InChI is InChI=1S/C24H16N4O3S/c29-23(26-17-5-8-20-21(12-17)31-13-30-20)15-3-6-19-22(11-15)32-24(28-19)27-16-4-7-18-14(10-16)2-1-9-25-18/h1-12H,13H2,(H,26,29)(H,27,28). The van der Waals surface area contributed by atoms with Crippen molar-refractivity contribution in [3.63, 3.8) is 0 Å². The number of benzene rings is 3. The van der Waals surface area contributed by atoms with Gasteiger partial charge in [-0.05, 0) is 54.6 Å². The summed E-state index contributed by atoms with van der Waals surface area (Å²) in [7, 11) is 0. The van der Waals surface area contributed by atoms with Crippen molar-refractivity contribution in [1.82, 2.24) is 9.97 Å². The summed E-state index contributed by atoms with van der Waals surface area (Å²) in [6.45, 7) is 0.196. The van der Waals surface area contributed by atoms with Crippen LogP contribution in [0.5, 0.6) is 11.5 Å². The predicted octanol–water partition coefficient (Wildman–Crippen LogP) is 5.57. The summed E-state index contributed by atoms with van der Waals surface area (Å²) < 4.78 is 11.6. The van der Waals surface area contributed by atoms with Crippen LogP contribution in [0.1, 0.15) is 10.4 Å². The fourth-order valence-corrected chi connectivity index (χ4v) is 4.50. The number of hydrogen-bond donors (Lipinski definition) is 2. The largest absolute Gasteiger partial charge is 0.454 e. The lowest BCUT2D eigenvalue weighted by Crippen LogP contribution is -2.11. The quantitative estimate of drug-likeness (QED) is 0.380. The lowest BCUT2D eigenvalue weighted by atomic mass is 10.2. The van der Waals surface area contributed by atoms with Crippen LogP contribution in [0.4, 0.5) is 16.5 Å². The third-order valence-electron chi connectivity index (χ3n) is 5.14. The van der Waals surface area contributed by atoms with Gasteiger partial charge in [0.1, 0.15) is 0 Å². The summed E-state index contributed by atoms with van der Waals surface area (Å²) in [5.41, 5.74) is 3.92. The molecule has 0 aliphatic carbocycles. The van der Waals surface area contributed by atoms with Gasteiger partial charge in [-0.2, -0.15) is 0 Å². The Morgan fingerprint density at radius 3 is 2.75 bits per heavy atom. The van der Waals surface area contributed by atoms with Gasteiger partial charge < -0.3 is 20.1 Å². The van der Waals surface area contributed by atoms with E-state index >= 15 is 0 Å². The molecule has 0 fully saturated rings. The van der Waals surface area contributed by atoms with E-state index in [1.54, 1.807) is 30.5 Å². The Balaban J connectivity index is 1.22. The molecule has 0 saturated carbocycles. The van der Waals surface area contributed by atoms with Crippen LogP contribution in [0.25, 0.3) is 21.1 Å². The molecule has 0 atom stereocenters. The SMILES string of the molecule is O=C(Nc1ccc2c(c1)OCO2)c1ccc2nc(Nc3ccc4ncccc4c3)sc2c1. The van der Waals surface area contributed by atoms with Crippen molar-refractivity contribution in [1.29, 1.82) is 0 Å². The van der Waals surface area contributed by atoms with Crippen molar-refractivity contribution in [2.24, 2.45) is 0 Å². The highest BCUT2D eigenvalue weighted by Gasteiger charge is 2.15. The molecule has 1 amide bonds. The van der Waals surface area contributed by atoms with Crippen molar-refractivity contribution < 1.29 is 14.3 Å². The monoisotopic (exact) mass is 440 g/mol. The third-order valence-corrected chi connectivity index (χ3v) is 6.07. The molecule has 0 bridgehead atoms. The van der Waals surface area contributed by atoms with Crippen LogP contribution in [-0.2, 0) is 0 Å². The van der Waals surface area contributed by atoms with Crippen molar-refractivity contribution in [2.45, 2.75) is 0 Å². The molecule has 0 saturated heterocycles. The number of carbonyl (C=O) groups excluding carboxylic acids is 1. The van der Waals surface area contributed by atoms with Gasteiger partial charge in [-0.25, -0.2) is 4.98 Å². The lowest BCUT2D eigenvalue weighted by Gasteiger charge is -2.06. The number of thiazole rings is 1. The van der Waals surface area contributed by atoms with Crippen molar-refractivity contribution in [3.8, 4) is 11.5 Å². The van der Waals surface area contributed by atoms with Crippen LogP contribution in [0.15, 0.2) is 72.9 Å². The second-order valence-electron chi connectivity index (χ2n) is 7.26. The number of pyridine rings is 1. The first-order valence-corrected chi connectivity index (χ1v) is 10.8. The lowest BCUT2D eigenvalue weighted by molar-refractivity contribution is 0.102. The Hall–Kier alpha value is -4.17. The first-order chi connectivity index (χ1) is 15.7. The molecule has 2 N–H and O–H groups in total. The van der Waals surface area contributed by atoms with E-state index in [2.05, 4.69) is 20.6 Å². The molecule has 1 aliphatic heterocycles. The maximum Gasteiger partial charge on any atom is 0.255 e. The molecule has 6 rings (SSSR count). The Kier molecular flexibility index (Phi) is 4.36. The van der Waals surface area contributed by atoms with Gasteiger partial charge in [-0.1, -0.05) is 17.4 Å². The minimum absolute atomic E-state index is 0.196. The van der Waals surface area contributed by atoms with E-state index in [4.69, 9.17) is 9.47 Å². The minimum atomic E-state index is -0.198. The molecule has 156 valence electrons. The highest BCUT2D eigenvalue weighted by atomic mass is 32.1. The summed E-state index contributed by atoms with van der Waals surface area (Å²) in [5, 5.41) is 8.07. The van der Waals surface area contributed by atoms with E-state index in [-0.39, 0.29) is 12.7 Å². The Morgan fingerprint density at radius 2 is 1.78 bits per heavy atom. The Labute approximate surface area is 186 Å². The third kappa shape index (κ3) is 3.46. The molecule has 8 heteroatoms. The highest BCUT2D eigenvalue weighted by Crippen LogP contribution is 2.34. The molecular weight excluding hydrogens is 424 g/mol. The first kappa shape index (κ1) is 18.6. The number of hydrogen-bond acceptors (Lipinski definition) is 7. The average molecular weight is 440 g/mol. The van der Waals surface area contributed by atoms with E-state index in [0.29, 0.717) is 22.7 Å². The molecule has 3 heterocycles. The number of nitrogens with one attached hydrogen (secondary N) is 2. The number of aromatic nitrogens is 2. The normalized spacial score (nSPS) is 12.2. The van der Waals surface area contributed by atoms with Gasteiger partial charge in [0, 0.05) is 34.6 Å². The van der Waals surface area contributed by atoms with Crippen LogP contribution in [-0.4, -0.2) is 22.7 Å². The number of fused-ring (bicyclic) bond motifs is 3. The second kappa shape index (κ2) is 7.51. The van der Waals surface area contributed by atoms with Crippen LogP contribution in [0.3, 0.4) is 0 Å². The summed E-state index contributed by atoms with van der Waals surface area (Å²) in [5.74, 6) is 1.10. The number of carbonyl (C=O) groups is 1. The minimum Gasteiger partial charge on any atom is -0.454 e. The van der Waals surface area contributed by atoms with Gasteiger partial charge >= 0.3 is 0 Å². The van der Waals surface area contributed by atoms with Crippen molar-refractivity contribution in [3.05, 3.63) is 78.5 Å². The van der Waals surface area contributed by atoms with Crippen LogP contribution >= 0.6 is 11.3 Å². The van der Waals surface area contributed by atoms with E-state index in [9.17, 15) is 4.79 Å². The van der Waals surface area contributed by atoms with Gasteiger partial charge in [0.15, 0.2) is 16.6 Å².